The highest BCUT2D eigenvalue weighted by atomic mass is 35.5. The highest BCUT2D eigenvalue weighted by Gasteiger charge is 2.15. The maximum absolute atomic E-state index is 6.13. The van der Waals surface area contributed by atoms with Crippen molar-refractivity contribution in [1.82, 2.24) is 9.55 Å². The quantitative estimate of drug-likeness (QED) is 0.634. The summed E-state index contributed by atoms with van der Waals surface area (Å²) in [6.45, 7) is 2.11. The predicted octanol–water partition coefficient (Wildman–Crippen LogP) is 4.56. The Hall–Kier alpha value is -1.80. The summed E-state index contributed by atoms with van der Waals surface area (Å²) >= 11 is 6.13. The molecule has 0 radical (unpaired) electrons. The number of imidazole rings is 1. The van der Waals surface area contributed by atoms with E-state index in [9.17, 15) is 0 Å². The molecular weight excluding hydrogens is 280 g/mol. The average molecular weight is 297 g/mol. The number of hydrogen-bond donors (Lipinski definition) is 0. The monoisotopic (exact) mass is 296 g/mol. The Balaban J connectivity index is 1.98. The Morgan fingerprint density at radius 2 is 1.95 bits per heavy atom. The van der Waals surface area contributed by atoms with Crippen LogP contribution in [-0.2, 0) is 18.7 Å². The van der Waals surface area contributed by atoms with E-state index < -0.39 is 0 Å². The SMILES string of the molecule is Cc1ccc2nc(CCl)n(-c3ccc4c(c3)CCC4)c2c1. The minimum absolute atomic E-state index is 0.421. The average Bonchev–Trinajstić information content (AvgIpc) is 3.09. The summed E-state index contributed by atoms with van der Waals surface area (Å²) in [5, 5.41) is 0. The summed E-state index contributed by atoms with van der Waals surface area (Å²) in [6, 6.07) is 13.1. The normalized spacial score (nSPS) is 13.8. The lowest BCUT2D eigenvalue weighted by Crippen LogP contribution is -2.00. The molecule has 2 nitrogen and oxygen atoms in total. The maximum Gasteiger partial charge on any atom is 0.129 e. The van der Waals surface area contributed by atoms with Crippen LogP contribution in [0.5, 0.6) is 0 Å². The van der Waals surface area contributed by atoms with Gasteiger partial charge in [0.1, 0.15) is 5.82 Å². The number of aryl methyl sites for hydroxylation is 3. The number of benzene rings is 2. The van der Waals surface area contributed by atoms with E-state index in [1.165, 1.54) is 41.6 Å². The summed E-state index contributed by atoms with van der Waals surface area (Å²) in [4.78, 5) is 4.67. The minimum atomic E-state index is 0.421. The highest BCUT2D eigenvalue weighted by molar-refractivity contribution is 6.17. The van der Waals surface area contributed by atoms with Crippen molar-refractivity contribution in [1.29, 1.82) is 0 Å². The van der Waals surface area contributed by atoms with Gasteiger partial charge in [0.05, 0.1) is 16.9 Å². The van der Waals surface area contributed by atoms with Crippen molar-refractivity contribution < 1.29 is 0 Å². The van der Waals surface area contributed by atoms with E-state index >= 15 is 0 Å². The lowest BCUT2D eigenvalue weighted by atomic mass is 10.1. The predicted molar refractivity (Wildman–Crippen MR) is 87.4 cm³/mol. The molecule has 0 bridgehead atoms. The van der Waals surface area contributed by atoms with Crippen molar-refractivity contribution in [3.05, 3.63) is 58.9 Å². The Kier molecular flexibility index (Phi) is 3.00. The first-order chi connectivity index (χ1) is 10.3. The van der Waals surface area contributed by atoms with Crippen molar-refractivity contribution in [2.75, 3.05) is 0 Å². The van der Waals surface area contributed by atoms with Crippen molar-refractivity contribution in [3.8, 4) is 5.69 Å². The molecule has 0 saturated heterocycles. The van der Waals surface area contributed by atoms with Gasteiger partial charge in [-0.3, -0.25) is 4.57 Å². The number of aromatic nitrogens is 2. The van der Waals surface area contributed by atoms with Crippen molar-refractivity contribution in [2.45, 2.75) is 32.1 Å². The molecule has 106 valence electrons. The van der Waals surface area contributed by atoms with Gasteiger partial charge in [0.2, 0.25) is 0 Å². The Morgan fingerprint density at radius 1 is 1.10 bits per heavy atom. The molecule has 0 fully saturated rings. The molecule has 0 atom stereocenters. The Bertz CT molecular complexity index is 833. The third-order valence-corrected chi connectivity index (χ3v) is 4.58. The van der Waals surface area contributed by atoms with Gasteiger partial charge in [-0.15, -0.1) is 11.6 Å². The van der Waals surface area contributed by atoms with Crippen LogP contribution in [0, 0.1) is 6.92 Å². The molecule has 2 aromatic carbocycles. The third kappa shape index (κ3) is 2.06. The molecule has 1 heterocycles. The van der Waals surface area contributed by atoms with Gasteiger partial charge in [0.15, 0.2) is 0 Å². The van der Waals surface area contributed by atoms with E-state index in [1.807, 2.05) is 0 Å². The fraction of sp³-hybridized carbons (Fsp3) is 0.278. The first kappa shape index (κ1) is 12.9. The zero-order chi connectivity index (χ0) is 14.4. The van der Waals surface area contributed by atoms with Crippen LogP contribution in [0.15, 0.2) is 36.4 Å². The molecule has 1 aromatic heterocycles. The molecule has 1 aliphatic carbocycles. The number of fused-ring (bicyclic) bond motifs is 2. The summed E-state index contributed by atoms with van der Waals surface area (Å²) in [6.07, 6.45) is 3.66. The fourth-order valence-corrected chi connectivity index (χ4v) is 3.49. The molecule has 3 aromatic rings. The maximum atomic E-state index is 6.13. The van der Waals surface area contributed by atoms with Gasteiger partial charge in [0.25, 0.3) is 0 Å². The van der Waals surface area contributed by atoms with Gasteiger partial charge < -0.3 is 0 Å². The summed E-state index contributed by atoms with van der Waals surface area (Å²) < 4.78 is 2.20. The third-order valence-electron chi connectivity index (χ3n) is 4.34. The van der Waals surface area contributed by atoms with E-state index in [0.717, 1.165) is 16.9 Å². The molecule has 1 aliphatic rings. The van der Waals surface area contributed by atoms with Crippen molar-refractivity contribution >= 4 is 22.6 Å². The molecule has 21 heavy (non-hydrogen) atoms. The van der Waals surface area contributed by atoms with E-state index in [-0.39, 0.29) is 0 Å². The Labute approximate surface area is 129 Å². The number of alkyl halides is 1. The van der Waals surface area contributed by atoms with E-state index in [2.05, 4.69) is 52.9 Å². The van der Waals surface area contributed by atoms with Crippen LogP contribution < -0.4 is 0 Å². The van der Waals surface area contributed by atoms with Crippen LogP contribution in [0.2, 0.25) is 0 Å². The van der Waals surface area contributed by atoms with Gasteiger partial charge in [-0.05, 0) is 67.1 Å². The van der Waals surface area contributed by atoms with Crippen LogP contribution in [0.1, 0.15) is 28.9 Å². The van der Waals surface area contributed by atoms with E-state index in [4.69, 9.17) is 11.6 Å². The first-order valence-electron chi connectivity index (χ1n) is 7.42. The zero-order valence-corrected chi connectivity index (χ0v) is 12.8. The van der Waals surface area contributed by atoms with Crippen molar-refractivity contribution in [2.24, 2.45) is 0 Å². The standard InChI is InChI=1S/C18H17ClN2/c1-12-5-8-16-17(9-12)21(18(11-19)20-16)15-7-6-13-3-2-4-14(13)10-15/h5-10H,2-4,11H2,1H3. The van der Waals surface area contributed by atoms with Gasteiger partial charge in [0, 0.05) is 5.69 Å². The topological polar surface area (TPSA) is 17.8 Å². The smallest absolute Gasteiger partial charge is 0.129 e. The van der Waals surface area contributed by atoms with Crippen LogP contribution in [0.4, 0.5) is 0 Å². The van der Waals surface area contributed by atoms with Gasteiger partial charge in [-0.2, -0.15) is 0 Å². The highest BCUT2D eigenvalue weighted by Crippen LogP contribution is 2.28. The van der Waals surface area contributed by atoms with Crippen molar-refractivity contribution in [3.63, 3.8) is 0 Å². The number of halogens is 1. The molecule has 0 N–H and O–H groups in total. The van der Waals surface area contributed by atoms with E-state index in [0.29, 0.717) is 5.88 Å². The molecule has 0 aliphatic heterocycles. The minimum Gasteiger partial charge on any atom is -0.295 e. The van der Waals surface area contributed by atoms with Crippen LogP contribution in [-0.4, -0.2) is 9.55 Å². The lowest BCUT2D eigenvalue weighted by molar-refractivity contribution is 0.911. The summed E-state index contributed by atoms with van der Waals surface area (Å²) in [5.74, 6) is 1.33. The molecule has 0 amide bonds. The largest absolute Gasteiger partial charge is 0.295 e. The molecule has 3 heteroatoms. The van der Waals surface area contributed by atoms with Gasteiger partial charge in [-0.25, -0.2) is 4.98 Å². The number of rotatable bonds is 2. The molecule has 0 spiro atoms. The Morgan fingerprint density at radius 3 is 2.81 bits per heavy atom. The molecule has 0 saturated carbocycles. The van der Waals surface area contributed by atoms with E-state index in [1.54, 1.807) is 0 Å². The second kappa shape index (κ2) is 4.88. The second-order valence-corrected chi connectivity index (χ2v) is 6.06. The summed E-state index contributed by atoms with van der Waals surface area (Å²) in [7, 11) is 0. The summed E-state index contributed by atoms with van der Waals surface area (Å²) in [5.41, 5.74) is 7.54. The number of hydrogen-bond acceptors (Lipinski definition) is 1. The van der Waals surface area contributed by atoms with Gasteiger partial charge >= 0.3 is 0 Å². The molecular formula is C18H17ClN2. The second-order valence-electron chi connectivity index (χ2n) is 5.80. The fourth-order valence-electron chi connectivity index (χ4n) is 3.31. The van der Waals surface area contributed by atoms with Crippen LogP contribution in [0.3, 0.4) is 0 Å². The zero-order valence-electron chi connectivity index (χ0n) is 12.1. The van der Waals surface area contributed by atoms with Crippen LogP contribution >= 0.6 is 11.6 Å². The number of nitrogens with zero attached hydrogens (tertiary/aromatic N) is 2. The van der Waals surface area contributed by atoms with Crippen LogP contribution in [0.25, 0.3) is 16.7 Å². The molecule has 4 rings (SSSR count). The van der Waals surface area contributed by atoms with Gasteiger partial charge in [-0.1, -0.05) is 12.1 Å². The lowest BCUT2D eigenvalue weighted by Gasteiger charge is -2.10. The first-order valence-corrected chi connectivity index (χ1v) is 7.96. The molecule has 0 unspecified atom stereocenters.